The molecule has 0 aliphatic heterocycles. The van der Waals surface area contributed by atoms with E-state index in [-0.39, 0.29) is 53.4 Å². The molecule has 186 valence electrons. The van der Waals surface area contributed by atoms with Crippen LogP contribution in [0.25, 0.3) is 0 Å². The number of ether oxygens (including phenoxy) is 1. The second-order valence-electron chi connectivity index (χ2n) is 6.84. The minimum atomic E-state index is -4.34. The molecule has 0 saturated carbocycles. The first-order valence-electron chi connectivity index (χ1n) is 9.61. The van der Waals surface area contributed by atoms with Crippen molar-refractivity contribution >= 4 is 83.8 Å². The molecule has 2 N–H and O–H groups in total. The third kappa shape index (κ3) is 6.52. The molecule has 0 fully saturated rings. The first kappa shape index (κ1) is 27.4. The zero-order valence-electron chi connectivity index (χ0n) is 17.7. The van der Waals surface area contributed by atoms with Crippen LogP contribution in [0, 0.1) is 0 Å². The third-order valence-corrected chi connectivity index (χ3v) is 8.55. The summed E-state index contributed by atoms with van der Waals surface area (Å²) in [5.74, 6) is -0.743. The fourth-order valence-electron chi connectivity index (χ4n) is 2.84. The van der Waals surface area contributed by atoms with E-state index in [2.05, 4.69) is 9.44 Å². The van der Waals surface area contributed by atoms with Crippen molar-refractivity contribution in [2.45, 2.75) is 16.7 Å². The Hall–Kier alpha value is -2.21. The van der Waals surface area contributed by atoms with Gasteiger partial charge in [0.05, 0.1) is 33.6 Å². The molecule has 0 bridgehead atoms. The van der Waals surface area contributed by atoms with Crippen molar-refractivity contribution in [3.05, 3.63) is 80.3 Å². The molecular weight excluding hydrogens is 582 g/mol. The van der Waals surface area contributed by atoms with E-state index in [0.29, 0.717) is 0 Å². The second kappa shape index (κ2) is 10.8. The molecule has 0 radical (unpaired) electrons. The summed E-state index contributed by atoms with van der Waals surface area (Å²) in [6.45, 7) is 1.67. The maximum atomic E-state index is 13.1. The molecule has 0 aliphatic carbocycles. The summed E-state index contributed by atoms with van der Waals surface area (Å²) in [6, 6.07) is 11.1. The monoisotopic (exact) mass is 596 g/mol. The normalized spacial score (nSPS) is 11.7. The van der Waals surface area contributed by atoms with Crippen molar-refractivity contribution in [1.29, 1.82) is 0 Å². The summed E-state index contributed by atoms with van der Waals surface area (Å²) < 4.78 is 61.6. The number of hydrogen-bond acceptors (Lipinski definition) is 6. The van der Waals surface area contributed by atoms with Gasteiger partial charge in [-0.2, -0.15) is 0 Å². The van der Waals surface area contributed by atoms with Gasteiger partial charge in [0.25, 0.3) is 20.0 Å². The average molecular weight is 598 g/mol. The van der Waals surface area contributed by atoms with Crippen molar-refractivity contribution in [1.82, 2.24) is 0 Å². The van der Waals surface area contributed by atoms with Gasteiger partial charge in [0, 0.05) is 10.0 Å². The summed E-state index contributed by atoms with van der Waals surface area (Å²) in [5, 5.41) is 0.123. The van der Waals surface area contributed by atoms with Crippen molar-refractivity contribution in [2.24, 2.45) is 0 Å². The summed E-state index contributed by atoms with van der Waals surface area (Å²) in [4.78, 5) is 11.6. The van der Waals surface area contributed by atoms with Crippen molar-refractivity contribution in [3.63, 3.8) is 0 Å². The van der Waals surface area contributed by atoms with Gasteiger partial charge in [0.2, 0.25) is 0 Å². The van der Waals surface area contributed by atoms with E-state index >= 15 is 0 Å². The summed E-state index contributed by atoms with van der Waals surface area (Å²) in [5.41, 5.74) is -0.493. The molecule has 8 nitrogen and oxygen atoms in total. The minimum Gasteiger partial charge on any atom is -0.462 e. The lowest BCUT2D eigenvalue weighted by atomic mass is 10.2. The molecule has 0 heterocycles. The van der Waals surface area contributed by atoms with Crippen LogP contribution in [0.4, 0.5) is 11.4 Å². The van der Waals surface area contributed by atoms with Crippen LogP contribution in [0.5, 0.6) is 0 Å². The first-order chi connectivity index (χ1) is 16.3. The molecule has 3 aromatic rings. The Balaban J connectivity index is 2.09. The Morgan fingerprint density at radius 3 is 1.69 bits per heavy atom. The number of nitrogens with one attached hydrogen (secondary N) is 2. The first-order valence-corrected chi connectivity index (χ1v) is 14.1. The maximum absolute atomic E-state index is 13.1. The van der Waals surface area contributed by atoms with E-state index in [1.165, 1.54) is 48.5 Å². The smallest absolute Gasteiger partial charge is 0.338 e. The zero-order valence-corrected chi connectivity index (χ0v) is 22.3. The average Bonchev–Trinajstić information content (AvgIpc) is 2.74. The van der Waals surface area contributed by atoms with Gasteiger partial charge < -0.3 is 4.74 Å². The van der Waals surface area contributed by atoms with Gasteiger partial charge in [-0.3, -0.25) is 9.44 Å². The second-order valence-corrected chi connectivity index (χ2v) is 11.8. The topological polar surface area (TPSA) is 119 Å². The minimum absolute atomic E-state index is 0.0285. The molecule has 14 heteroatoms. The third-order valence-electron chi connectivity index (χ3n) is 4.39. The molecule has 3 aromatic carbocycles. The Kier molecular flexibility index (Phi) is 8.46. The fraction of sp³-hybridized carbons (Fsp3) is 0.0952. The van der Waals surface area contributed by atoms with Gasteiger partial charge in [-0.25, -0.2) is 21.6 Å². The van der Waals surface area contributed by atoms with E-state index in [0.717, 1.165) is 6.07 Å². The number of carbonyl (C=O) groups is 1. The molecule has 0 unspecified atom stereocenters. The van der Waals surface area contributed by atoms with Gasteiger partial charge in [-0.05, 0) is 61.5 Å². The van der Waals surface area contributed by atoms with E-state index in [4.69, 9.17) is 51.1 Å². The van der Waals surface area contributed by atoms with Gasteiger partial charge in [0.15, 0.2) is 0 Å². The van der Waals surface area contributed by atoms with Crippen molar-refractivity contribution < 1.29 is 26.4 Å². The zero-order chi connectivity index (χ0) is 26.0. The van der Waals surface area contributed by atoms with E-state index in [1.807, 2.05) is 0 Å². The number of hydrogen-bond donors (Lipinski definition) is 2. The highest BCUT2D eigenvalue weighted by Crippen LogP contribution is 2.33. The number of anilines is 2. The number of benzene rings is 3. The number of rotatable bonds is 8. The molecular formula is C21H16Cl4N2O6S2. The molecule has 35 heavy (non-hydrogen) atoms. The van der Waals surface area contributed by atoms with E-state index < -0.39 is 26.0 Å². The van der Waals surface area contributed by atoms with Gasteiger partial charge in [-0.15, -0.1) is 0 Å². The molecule has 0 atom stereocenters. The van der Waals surface area contributed by atoms with Crippen molar-refractivity contribution in [3.8, 4) is 0 Å². The lowest BCUT2D eigenvalue weighted by Gasteiger charge is -2.17. The summed E-state index contributed by atoms with van der Waals surface area (Å²) in [6.07, 6.45) is 0. The van der Waals surface area contributed by atoms with E-state index in [9.17, 15) is 21.6 Å². The molecule has 0 spiro atoms. The van der Waals surface area contributed by atoms with Crippen LogP contribution in [-0.2, 0) is 24.8 Å². The van der Waals surface area contributed by atoms with E-state index in [1.54, 1.807) is 6.92 Å². The molecule has 0 saturated heterocycles. The highest BCUT2D eigenvalue weighted by Gasteiger charge is 2.24. The summed E-state index contributed by atoms with van der Waals surface area (Å²) >= 11 is 23.8. The van der Waals surface area contributed by atoms with Gasteiger partial charge in [-0.1, -0.05) is 46.4 Å². The van der Waals surface area contributed by atoms with Crippen LogP contribution in [0.15, 0.2) is 64.4 Å². The largest absolute Gasteiger partial charge is 0.462 e. The number of carbonyl (C=O) groups excluding carboxylic acids is 1. The number of sulfonamides is 2. The highest BCUT2D eigenvalue weighted by molar-refractivity contribution is 7.93. The van der Waals surface area contributed by atoms with Crippen molar-refractivity contribution in [2.75, 3.05) is 16.1 Å². The molecule has 0 amide bonds. The van der Waals surface area contributed by atoms with Crippen LogP contribution in [0.1, 0.15) is 17.3 Å². The summed E-state index contributed by atoms with van der Waals surface area (Å²) in [7, 11) is -8.64. The van der Waals surface area contributed by atoms with Gasteiger partial charge in [0.1, 0.15) is 9.79 Å². The van der Waals surface area contributed by atoms with Crippen LogP contribution < -0.4 is 9.44 Å². The van der Waals surface area contributed by atoms with Gasteiger partial charge >= 0.3 is 5.97 Å². The molecule has 0 aromatic heterocycles. The quantitative estimate of drug-likeness (QED) is 0.304. The Morgan fingerprint density at radius 2 is 1.23 bits per heavy atom. The fourth-order valence-corrected chi connectivity index (χ4v) is 6.54. The Labute approximate surface area is 222 Å². The number of esters is 1. The predicted molar refractivity (Wildman–Crippen MR) is 137 cm³/mol. The molecule has 3 rings (SSSR count). The Morgan fingerprint density at radius 1 is 0.743 bits per heavy atom. The lowest BCUT2D eigenvalue weighted by molar-refractivity contribution is 0.0526. The predicted octanol–water partition coefficient (Wildman–Crippen LogP) is 6.08. The van der Waals surface area contributed by atoms with Crippen LogP contribution in [-0.4, -0.2) is 29.4 Å². The number of halogens is 4. The Bertz CT molecular complexity index is 1510. The standard InChI is InChI=1S/C21H16Cl4N2O6S2/c1-2-33-21(28)12-3-6-17(26-34(29,30)19-7-4-13(22)10-15(19)24)18(9-12)27-35(31,32)20-8-5-14(23)11-16(20)25/h3-11,26-27H,2H2,1H3. The SMILES string of the molecule is CCOC(=O)c1ccc(NS(=O)(=O)c2ccc(Cl)cc2Cl)c(NS(=O)(=O)c2ccc(Cl)cc2Cl)c1. The van der Waals surface area contributed by atoms with Crippen LogP contribution in [0.3, 0.4) is 0 Å². The molecule has 0 aliphatic rings. The van der Waals surface area contributed by atoms with Crippen LogP contribution in [0.2, 0.25) is 20.1 Å². The van der Waals surface area contributed by atoms with Crippen LogP contribution >= 0.6 is 46.4 Å². The maximum Gasteiger partial charge on any atom is 0.338 e. The highest BCUT2D eigenvalue weighted by atomic mass is 35.5. The lowest BCUT2D eigenvalue weighted by Crippen LogP contribution is -2.19.